The molecular weight excluding hydrogens is 258 g/mol. The summed E-state index contributed by atoms with van der Waals surface area (Å²) in [4.78, 5) is 10.3. The third kappa shape index (κ3) is 4.82. The van der Waals surface area contributed by atoms with Crippen LogP contribution >= 0.6 is 0 Å². The molecule has 0 fully saturated rings. The van der Waals surface area contributed by atoms with E-state index in [1.165, 1.54) is 7.11 Å². The topological polar surface area (TPSA) is 92.7 Å². The number of aliphatic carboxylic acids is 1. The molecule has 7 heteroatoms. The lowest BCUT2D eigenvalue weighted by molar-refractivity contribution is -0.135. The number of rotatable bonds is 7. The van der Waals surface area contributed by atoms with Gasteiger partial charge in [0, 0.05) is 7.11 Å². The first kappa shape index (κ1) is 14.6. The fourth-order valence-corrected chi connectivity index (χ4v) is 2.59. The summed E-state index contributed by atoms with van der Waals surface area (Å²) in [6.07, 6.45) is -0.627. The molecule has 0 aliphatic heterocycles. The average molecular weight is 273 g/mol. The van der Waals surface area contributed by atoms with Crippen LogP contribution < -0.4 is 4.72 Å². The molecular formula is C11H15NO5S. The highest BCUT2D eigenvalue weighted by Gasteiger charge is 2.20. The molecule has 0 spiro atoms. The molecule has 1 rings (SSSR count). The number of carboxylic acids is 1. The Morgan fingerprint density at radius 1 is 1.39 bits per heavy atom. The summed E-state index contributed by atoms with van der Waals surface area (Å²) >= 11 is 0. The Morgan fingerprint density at radius 3 is 2.50 bits per heavy atom. The highest BCUT2D eigenvalue weighted by atomic mass is 32.2. The molecule has 0 bridgehead atoms. The molecule has 1 atom stereocenters. The van der Waals surface area contributed by atoms with Crippen molar-refractivity contribution in [2.45, 2.75) is 6.10 Å². The van der Waals surface area contributed by atoms with E-state index in [9.17, 15) is 13.2 Å². The van der Waals surface area contributed by atoms with Gasteiger partial charge in [0.1, 0.15) is 6.54 Å². The summed E-state index contributed by atoms with van der Waals surface area (Å²) in [7, 11) is -2.28. The van der Waals surface area contributed by atoms with Gasteiger partial charge in [-0.05, 0) is 5.56 Å². The van der Waals surface area contributed by atoms with Gasteiger partial charge in [0.15, 0.2) is 0 Å². The highest BCUT2D eigenvalue weighted by Crippen LogP contribution is 2.17. The second kappa shape index (κ2) is 6.48. The van der Waals surface area contributed by atoms with Crippen LogP contribution in [0.5, 0.6) is 0 Å². The summed E-state index contributed by atoms with van der Waals surface area (Å²) < 4.78 is 30.3. The van der Waals surface area contributed by atoms with Crippen molar-refractivity contribution in [3.8, 4) is 0 Å². The molecule has 0 amide bonds. The average Bonchev–Trinajstić information content (AvgIpc) is 2.35. The van der Waals surface area contributed by atoms with Crippen LogP contribution in [0, 0.1) is 0 Å². The lowest BCUT2D eigenvalue weighted by Crippen LogP contribution is -2.33. The maximum Gasteiger partial charge on any atom is 0.318 e. The zero-order chi connectivity index (χ0) is 13.6. The first-order valence-electron chi connectivity index (χ1n) is 5.21. The van der Waals surface area contributed by atoms with Gasteiger partial charge >= 0.3 is 5.97 Å². The quantitative estimate of drug-likeness (QED) is 0.749. The van der Waals surface area contributed by atoms with Gasteiger partial charge in [0.05, 0.1) is 11.9 Å². The molecule has 0 saturated heterocycles. The second-order valence-corrected chi connectivity index (χ2v) is 5.48. The normalized spacial score (nSPS) is 13.2. The fraction of sp³-hybridized carbons (Fsp3) is 0.364. The predicted molar refractivity (Wildman–Crippen MR) is 65.6 cm³/mol. The maximum absolute atomic E-state index is 11.6. The van der Waals surface area contributed by atoms with E-state index in [0.29, 0.717) is 0 Å². The van der Waals surface area contributed by atoms with Gasteiger partial charge < -0.3 is 9.84 Å². The maximum atomic E-state index is 11.6. The fourth-order valence-electron chi connectivity index (χ4n) is 1.40. The van der Waals surface area contributed by atoms with Gasteiger partial charge in [-0.1, -0.05) is 30.3 Å². The highest BCUT2D eigenvalue weighted by molar-refractivity contribution is 7.89. The van der Waals surface area contributed by atoms with Crippen LogP contribution in [0.3, 0.4) is 0 Å². The molecule has 0 heterocycles. The Bertz CT molecular complexity index is 485. The molecule has 2 N–H and O–H groups in total. The lowest BCUT2D eigenvalue weighted by Gasteiger charge is -2.15. The summed E-state index contributed by atoms with van der Waals surface area (Å²) in [5.41, 5.74) is 0.723. The zero-order valence-electron chi connectivity index (χ0n) is 9.87. The third-order valence-electron chi connectivity index (χ3n) is 2.27. The molecule has 1 aromatic rings. The lowest BCUT2D eigenvalue weighted by atomic mass is 10.1. The summed E-state index contributed by atoms with van der Waals surface area (Å²) in [6.45, 7) is -0.631. The van der Waals surface area contributed by atoms with Crippen LogP contribution in [0.2, 0.25) is 0 Å². The molecule has 1 aromatic carbocycles. The molecule has 0 saturated carbocycles. The van der Waals surface area contributed by atoms with Gasteiger partial charge in [-0.15, -0.1) is 0 Å². The number of carboxylic acid groups (broad SMARTS) is 1. The van der Waals surface area contributed by atoms with Crippen molar-refractivity contribution in [1.82, 2.24) is 4.72 Å². The molecule has 18 heavy (non-hydrogen) atoms. The molecule has 1 unspecified atom stereocenters. The van der Waals surface area contributed by atoms with E-state index in [2.05, 4.69) is 0 Å². The van der Waals surface area contributed by atoms with Crippen LogP contribution in [0.15, 0.2) is 30.3 Å². The van der Waals surface area contributed by atoms with E-state index in [1.807, 2.05) is 10.8 Å². The van der Waals surface area contributed by atoms with Crippen molar-refractivity contribution in [1.29, 1.82) is 0 Å². The van der Waals surface area contributed by atoms with Crippen molar-refractivity contribution in [2.24, 2.45) is 0 Å². The Labute approximate surface area is 106 Å². The number of nitrogens with one attached hydrogen (secondary N) is 1. The minimum atomic E-state index is -3.69. The van der Waals surface area contributed by atoms with Crippen molar-refractivity contribution in [2.75, 3.05) is 19.4 Å². The number of hydrogen-bond donors (Lipinski definition) is 2. The number of sulfonamides is 1. The Balaban J connectivity index is 2.72. The van der Waals surface area contributed by atoms with Crippen molar-refractivity contribution >= 4 is 16.0 Å². The van der Waals surface area contributed by atoms with Crippen LogP contribution in [-0.4, -0.2) is 38.9 Å². The molecule has 0 aliphatic carbocycles. The van der Waals surface area contributed by atoms with Crippen molar-refractivity contribution in [3.63, 3.8) is 0 Å². The van der Waals surface area contributed by atoms with Gasteiger partial charge in [0.25, 0.3) is 0 Å². The number of methoxy groups -OCH3 is 1. The Hall–Kier alpha value is -1.44. The third-order valence-corrected chi connectivity index (χ3v) is 3.60. The first-order chi connectivity index (χ1) is 8.44. The molecule has 0 radical (unpaired) electrons. The summed E-state index contributed by atoms with van der Waals surface area (Å²) in [5.74, 6) is -1.55. The number of hydrogen-bond acceptors (Lipinski definition) is 4. The number of carbonyl (C=O) groups is 1. The molecule has 0 aliphatic rings. The Morgan fingerprint density at radius 2 is 2.00 bits per heavy atom. The largest absolute Gasteiger partial charge is 0.480 e. The van der Waals surface area contributed by atoms with E-state index >= 15 is 0 Å². The van der Waals surface area contributed by atoms with E-state index in [1.54, 1.807) is 24.3 Å². The van der Waals surface area contributed by atoms with E-state index in [-0.39, 0.29) is 5.75 Å². The zero-order valence-corrected chi connectivity index (χ0v) is 10.7. The van der Waals surface area contributed by atoms with Crippen LogP contribution in [0.25, 0.3) is 0 Å². The van der Waals surface area contributed by atoms with Crippen LogP contribution in [0.4, 0.5) is 0 Å². The van der Waals surface area contributed by atoms with E-state index in [0.717, 1.165) is 5.56 Å². The molecule has 0 aromatic heterocycles. The van der Waals surface area contributed by atoms with Gasteiger partial charge in [0.2, 0.25) is 10.0 Å². The smallest absolute Gasteiger partial charge is 0.318 e. The minimum absolute atomic E-state index is 0.319. The van der Waals surface area contributed by atoms with E-state index in [4.69, 9.17) is 9.84 Å². The van der Waals surface area contributed by atoms with Crippen LogP contribution in [0.1, 0.15) is 11.7 Å². The van der Waals surface area contributed by atoms with Crippen molar-refractivity contribution < 1.29 is 23.1 Å². The first-order valence-corrected chi connectivity index (χ1v) is 6.86. The van der Waals surface area contributed by atoms with Crippen molar-refractivity contribution in [3.05, 3.63) is 35.9 Å². The Kier molecular flexibility index (Phi) is 5.26. The number of ether oxygens (including phenoxy) is 1. The summed E-state index contributed by atoms with van der Waals surface area (Å²) in [5, 5.41) is 8.43. The second-order valence-electron chi connectivity index (χ2n) is 3.63. The monoisotopic (exact) mass is 273 g/mol. The van der Waals surface area contributed by atoms with E-state index < -0.39 is 28.6 Å². The SMILES string of the molecule is COC(CS(=O)(=O)NCC(=O)O)c1ccccc1. The molecule has 100 valence electrons. The number of benzene rings is 1. The van der Waals surface area contributed by atoms with Gasteiger partial charge in [-0.2, -0.15) is 0 Å². The van der Waals surface area contributed by atoms with Gasteiger partial charge in [-0.25, -0.2) is 13.1 Å². The standard InChI is InChI=1S/C11H15NO5S/c1-17-10(9-5-3-2-4-6-9)8-18(15,16)12-7-11(13)14/h2-6,10,12H,7-8H2,1H3,(H,13,14). The van der Waals surface area contributed by atoms with Crippen LogP contribution in [-0.2, 0) is 19.6 Å². The minimum Gasteiger partial charge on any atom is -0.480 e. The summed E-state index contributed by atoms with van der Waals surface area (Å²) in [6, 6.07) is 8.87. The molecule has 6 nitrogen and oxygen atoms in total. The predicted octanol–water partition coefficient (Wildman–Crippen LogP) is 0.378. The van der Waals surface area contributed by atoms with Gasteiger partial charge in [-0.3, -0.25) is 4.79 Å².